The van der Waals surface area contributed by atoms with E-state index in [4.69, 9.17) is 9.97 Å². The second-order valence-corrected chi connectivity index (χ2v) is 19.7. The van der Waals surface area contributed by atoms with E-state index in [-0.39, 0.29) is 0 Å². The average molecular weight is 800 g/mol. The topological polar surface area (TPSA) is 90.6 Å². The Kier molecular flexibility index (Phi) is 9.26. The van der Waals surface area contributed by atoms with Crippen molar-refractivity contribution in [2.75, 3.05) is 0 Å². The molecular weight excluding hydrogens is 765 g/mol. The van der Waals surface area contributed by atoms with Gasteiger partial charge in [-0.1, -0.05) is 133 Å². The average Bonchev–Trinajstić information content (AvgIpc) is 3.65. The number of aromatic nitrogens is 5. The van der Waals surface area contributed by atoms with Crippen LogP contribution < -0.4 is 31.8 Å². The van der Waals surface area contributed by atoms with Crippen molar-refractivity contribution < 1.29 is 9.13 Å². The minimum atomic E-state index is -3.46. The molecule has 2 atom stereocenters. The second kappa shape index (κ2) is 15.0. The fraction of sp³-hybridized carbons (Fsp3) is 0. The molecule has 4 heterocycles. The molecule has 0 aliphatic carbocycles. The van der Waals surface area contributed by atoms with Gasteiger partial charge in [-0.15, -0.1) is 0 Å². The molecule has 9 heteroatoms. The first-order valence-corrected chi connectivity index (χ1v) is 22.7. The number of benzene rings is 6. The molecule has 10 rings (SSSR count). The van der Waals surface area contributed by atoms with Crippen LogP contribution in [0.15, 0.2) is 213 Å². The molecule has 0 aliphatic rings. The molecule has 4 aromatic heterocycles. The molecule has 2 unspecified atom stereocenters. The van der Waals surface area contributed by atoms with Gasteiger partial charge < -0.3 is 9.13 Å². The van der Waals surface area contributed by atoms with Gasteiger partial charge in [0.05, 0.1) is 22.4 Å². The first-order valence-electron chi connectivity index (χ1n) is 19.2. The Morgan fingerprint density at radius 3 is 1.19 bits per heavy atom. The molecule has 0 saturated heterocycles. The molecular formula is C50H35N5O2P2. The first kappa shape index (κ1) is 36.3. The molecule has 282 valence electrons. The molecule has 0 N–H and O–H groups in total. The van der Waals surface area contributed by atoms with Crippen molar-refractivity contribution in [3.8, 4) is 28.5 Å². The van der Waals surface area contributed by atoms with Crippen LogP contribution in [0.4, 0.5) is 0 Å². The van der Waals surface area contributed by atoms with Crippen molar-refractivity contribution in [3.05, 3.63) is 213 Å². The highest BCUT2D eigenvalue weighted by Gasteiger charge is 2.33. The van der Waals surface area contributed by atoms with Crippen molar-refractivity contribution in [2.45, 2.75) is 0 Å². The molecule has 0 saturated carbocycles. The third-order valence-electron chi connectivity index (χ3n) is 10.8. The highest BCUT2D eigenvalue weighted by molar-refractivity contribution is 7.85. The minimum absolute atomic E-state index is 0.445. The molecule has 0 bridgehead atoms. The van der Waals surface area contributed by atoms with E-state index in [9.17, 15) is 0 Å². The fourth-order valence-corrected chi connectivity index (χ4v) is 13.4. The van der Waals surface area contributed by atoms with Crippen LogP contribution in [-0.4, -0.2) is 24.5 Å². The highest BCUT2D eigenvalue weighted by atomic mass is 31.2. The van der Waals surface area contributed by atoms with Gasteiger partial charge in [0.25, 0.3) is 0 Å². The Labute approximate surface area is 341 Å². The van der Waals surface area contributed by atoms with Crippen LogP contribution in [0, 0.1) is 0 Å². The van der Waals surface area contributed by atoms with E-state index in [1.807, 2.05) is 187 Å². The van der Waals surface area contributed by atoms with Gasteiger partial charge in [-0.25, -0.2) is 9.97 Å². The summed E-state index contributed by atoms with van der Waals surface area (Å²) >= 11 is 0. The number of hydrogen-bond donors (Lipinski definition) is 0. The third-order valence-corrected chi connectivity index (χ3v) is 16.9. The van der Waals surface area contributed by atoms with Gasteiger partial charge in [0, 0.05) is 78.5 Å². The monoisotopic (exact) mass is 799 g/mol. The van der Waals surface area contributed by atoms with E-state index >= 15 is 9.13 Å². The lowest BCUT2D eigenvalue weighted by atomic mass is 10.1. The van der Waals surface area contributed by atoms with E-state index in [1.165, 1.54) is 0 Å². The van der Waals surface area contributed by atoms with Crippen LogP contribution in [0.1, 0.15) is 0 Å². The molecule has 0 spiro atoms. The van der Waals surface area contributed by atoms with Crippen LogP contribution in [-0.2, 0) is 9.13 Å². The maximum absolute atomic E-state index is 16.0. The van der Waals surface area contributed by atoms with Crippen molar-refractivity contribution in [1.82, 2.24) is 24.5 Å². The summed E-state index contributed by atoms with van der Waals surface area (Å²) in [6.45, 7) is 0. The number of fused-ring (bicyclic) bond motifs is 3. The van der Waals surface area contributed by atoms with Crippen LogP contribution in [0.2, 0.25) is 0 Å². The summed E-state index contributed by atoms with van der Waals surface area (Å²) in [5.41, 5.74) is 4.94. The summed E-state index contributed by atoms with van der Waals surface area (Å²) in [6, 6.07) is 60.5. The quantitative estimate of drug-likeness (QED) is 0.136. The predicted molar refractivity (Wildman–Crippen MR) is 242 cm³/mol. The molecule has 7 nitrogen and oxygen atoms in total. The van der Waals surface area contributed by atoms with Gasteiger partial charge in [-0.05, 0) is 54.6 Å². The smallest absolute Gasteiger partial charge is 0.234 e. The maximum atomic E-state index is 16.0. The number of pyridine rings is 2. The van der Waals surface area contributed by atoms with Gasteiger partial charge >= 0.3 is 0 Å². The summed E-state index contributed by atoms with van der Waals surface area (Å²) in [5, 5.41) is 6.01. The van der Waals surface area contributed by atoms with Gasteiger partial charge in [0.2, 0.25) is 5.95 Å². The van der Waals surface area contributed by atoms with Gasteiger partial charge in [0.15, 0.2) is 14.3 Å². The van der Waals surface area contributed by atoms with Gasteiger partial charge in [-0.2, -0.15) is 0 Å². The van der Waals surface area contributed by atoms with Crippen LogP contribution in [0.5, 0.6) is 0 Å². The largest absolute Gasteiger partial charge is 0.309 e. The number of nitrogens with zero attached hydrogens (tertiary/aromatic N) is 5. The molecule has 59 heavy (non-hydrogen) atoms. The standard InChI is InChI=1S/C50H35N5O2P2/c56-58(38-16-3-1-4-17-38,40-20-11-14-36(32-40)46-22-7-9-28-51-46)42-24-26-44-45-27-25-43(35-49(45)55(48(44)34-42)50-53-30-13-31-54-50)59(57,39-18-5-2-6-19-39)41-21-12-15-37(33-41)47-23-8-10-29-52-47/h1-35H. The molecule has 0 fully saturated rings. The van der Waals surface area contributed by atoms with Crippen molar-refractivity contribution in [1.29, 1.82) is 0 Å². The lowest BCUT2D eigenvalue weighted by Gasteiger charge is -2.21. The van der Waals surface area contributed by atoms with Crippen molar-refractivity contribution in [2.24, 2.45) is 0 Å². The maximum Gasteiger partial charge on any atom is 0.234 e. The van der Waals surface area contributed by atoms with E-state index in [1.54, 1.807) is 30.9 Å². The lowest BCUT2D eigenvalue weighted by molar-refractivity contribution is 0.591. The fourth-order valence-electron chi connectivity index (χ4n) is 7.97. The molecule has 0 amide bonds. The Morgan fingerprint density at radius 1 is 0.339 bits per heavy atom. The Morgan fingerprint density at radius 2 is 0.746 bits per heavy atom. The van der Waals surface area contributed by atoms with E-state index in [0.29, 0.717) is 27.2 Å². The van der Waals surface area contributed by atoms with Crippen molar-refractivity contribution >= 4 is 67.9 Å². The summed E-state index contributed by atoms with van der Waals surface area (Å²) in [6.07, 6.45) is 6.95. The zero-order valence-electron chi connectivity index (χ0n) is 31.7. The summed E-state index contributed by atoms with van der Waals surface area (Å²) in [7, 11) is -6.92. The highest BCUT2D eigenvalue weighted by Crippen LogP contribution is 2.46. The van der Waals surface area contributed by atoms with Gasteiger partial charge in [-0.3, -0.25) is 14.5 Å². The lowest BCUT2D eigenvalue weighted by Crippen LogP contribution is -2.25. The molecule has 10 aromatic rings. The zero-order valence-corrected chi connectivity index (χ0v) is 33.4. The molecule has 6 aromatic carbocycles. The second-order valence-electron chi connectivity index (χ2n) is 14.2. The normalized spacial score (nSPS) is 13.5. The van der Waals surface area contributed by atoms with Crippen LogP contribution in [0.3, 0.4) is 0 Å². The van der Waals surface area contributed by atoms with E-state index in [0.717, 1.165) is 54.9 Å². The Balaban J connectivity index is 1.21. The summed E-state index contributed by atoms with van der Waals surface area (Å²) in [4.78, 5) is 18.6. The summed E-state index contributed by atoms with van der Waals surface area (Å²) < 4.78 is 34.1. The third kappa shape index (κ3) is 6.33. The van der Waals surface area contributed by atoms with E-state index in [2.05, 4.69) is 9.97 Å². The predicted octanol–water partition coefficient (Wildman–Crippen LogP) is 8.98. The molecule has 0 aliphatic heterocycles. The molecule has 0 radical (unpaired) electrons. The zero-order chi connectivity index (χ0) is 39.8. The summed E-state index contributed by atoms with van der Waals surface area (Å²) in [5.74, 6) is 0.445. The van der Waals surface area contributed by atoms with Gasteiger partial charge in [0.1, 0.15) is 0 Å². The number of rotatable bonds is 9. The van der Waals surface area contributed by atoms with Crippen LogP contribution >= 0.6 is 14.3 Å². The number of hydrogen-bond acceptors (Lipinski definition) is 6. The van der Waals surface area contributed by atoms with Crippen LogP contribution in [0.25, 0.3) is 50.3 Å². The van der Waals surface area contributed by atoms with Crippen molar-refractivity contribution in [3.63, 3.8) is 0 Å². The SMILES string of the molecule is O=P(c1ccccc1)(c1cccc(-c2ccccn2)c1)c1ccc2c3ccc(P(=O)(c4ccccc4)c4cccc(-c5ccccn5)c4)cc3n(-c3ncccn3)c2c1. The Bertz CT molecular complexity index is 3020. The Hall–Kier alpha value is -7.04. The van der Waals surface area contributed by atoms with E-state index < -0.39 is 14.3 Å². The minimum Gasteiger partial charge on any atom is -0.309 e. The first-order chi connectivity index (χ1) is 29.0.